The van der Waals surface area contributed by atoms with Gasteiger partial charge in [0.1, 0.15) is 5.75 Å². The van der Waals surface area contributed by atoms with Crippen molar-refractivity contribution in [3.8, 4) is 5.75 Å². The van der Waals surface area contributed by atoms with E-state index in [1.54, 1.807) is 7.11 Å². The third-order valence-electron chi connectivity index (χ3n) is 4.97. The second-order valence-corrected chi connectivity index (χ2v) is 7.42. The third kappa shape index (κ3) is 5.09. The summed E-state index contributed by atoms with van der Waals surface area (Å²) in [5, 5.41) is 0. The lowest BCUT2D eigenvalue weighted by molar-refractivity contribution is 0.170. The Morgan fingerprint density at radius 3 is 2.12 bits per heavy atom. The Bertz CT molecular complexity index is 640. The van der Waals surface area contributed by atoms with Crippen LogP contribution < -0.4 is 4.74 Å². The highest BCUT2D eigenvalue weighted by Crippen LogP contribution is 2.35. The van der Waals surface area contributed by atoms with Crippen molar-refractivity contribution in [1.29, 1.82) is 0 Å². The van der Waals surface area contributed by atoms with Gasteiger partial charge in [0.15, 0.2) is 0 Å². The van der Waals surface area contributed by atoms with Crippen LogP contribution in [0, 0.1) is 6.92 Å². The standard InChI is InChI=1S/C23H33NO/c1-17(2)24(18(3)4)15-14-21(20-10-8-7-9-11-20)22-16-19(5)12-13-23(22)25-6/h7-13,16-18,21H,14-15H2,1-6H3/t21-/m1/s1. The molecule has 0 aliphatic heterocycles. The van der Waals surface area contributed by atoms with Crippen molar-refractivity contribution in [1.82, 2.24) is 4.90 Å². The summed E-state index contributed by atoms with van der Waals surface area (Å²) >= 11 is 0. The van der Waals surface area contributed by atoms with Crippen LogP contribution in [0.25, 0.3) is 0 Å². The first-order chi connectivity index (χ1) is 11.9. The van der Waals surface area contributed by atoms with Crippen LogP contribution in [0.3, 0.4) is 0 Å². The molecule has 136 valence electrons. The first-order valence-corrected chi connectivity index (χ1v) is 9.39. The van der Waals surface area contributed by atoms with Gasteiger partial charge in [-0.05, 0) is 59.2 Å². The van der Waals surface area contributed by atoms with Gasteiger partial charge in [-0.1, -0.05) is 48.0 Å². The maximum absolute atomic E-state index is 5.69. The number of nitrogens with zero attached hydrogens (tertiary/aromatic N) is 1. The molecule has 0 N–H and O–H groups in total. The highest BCUT2D eigenvalue weighted by atomic mass is 16.5. The fourth-order valence-corrected chi connectivity index (χ4v) is 3.70. The lowest BCUT2D eigenvalue weighted by atomic mass is 9.86. The van der Waals surface area contributed by atoms with Crippen molar-refractivity contribution in [3.05, 3.63) is 65.2 Å². The summed E-state index contributed by atoms with van der Waals surface area (Å²) in [6, 6.07) is 18.4. The normalized spacial score (nSPS) is 12.8. The minimum absolute atomic E-state index is 0.344. The molecule has 2 aromatic rings. The van der Waals surface area contributed by atoms with Gasteiger partial charge in [-0.15, -0.1) is 0 Å². The number of benzene rings is 2. The summed E-state index contributed by atoms with van der Waals surface area (Å²) in [6.07, 6.45) is 1.08. The van der Waals surface area contributed by atoms with E-state index < -0.39 is 0 Å². The molecule has 0 radical (unpaired) electrons. The molecule has 0 saturated heterocycles. The van der Waals surface area contributed by atoms with Crippen LogP contribution >= 0.6 is 0 Å². The topological polar surface area (TPSA) is 12.5 Å². The van der Waals surface area contributed by atoms with Crippen LogP contribution in [-0.2, 0) is 0 Å². The maximum Gasteiger partial charge on any atom is 0.122 e. The summed E-state index contributed by atoms with van der Waals surface area (Å²) in [5.41, 5.74) is 3.93. The molecule has 1 atom stereocenters. The Morgan fingerprint density at radius 1 is 0.920 bits per heavy atom. The first-order valence-electron chi connectivity index (χ1n) is 9.39. The quantitative estimate of drug-likeness (QED) is 0.616. The zero-order valence-corrected chi connectivity index (χ0v) is 16.6. The average Bonchev–Trinajstić information content (AvgIpc) is 2.59. The molecular weight excluding hydrogens is 306 g/mol. The van der Waals surface area contributed by atoms with E-state index in [1.165, 1.54) is 16.7 Å². The zero-order chi connectivity index (χ0) is 18.4. The van der Waals surface area contributed by atoms with Gasteiger partial charge in [0, 0.05) is 23.6 Å². The highest BCUT2D eigenvalue weighted by Gasteiger charge is 2.21. The van der Waals surface area contributed by atoms with Crippen LogP contribution in [0.2, 0.25) is 0 Å². The average molecular weight is 340 g/mol. The summed E-state index contributed by atoms with van der Waals surface area (Å²) in [7, 11) is 1.77. The highest BCUT2D eigenvalue weighted by molar-refractivity contribution is 5.44. The Hall–Kier alpha value is -1.80. The summed E-state index contributed by atoms with van der Waals surface area (Å²) in [6.45, 7) is 12.4. The number of rotatable bonds is 8. The van der Waals surface area contributed by atoms with Gasteiger partial charge >= 0.3 is 0 Å². The fraction of sp³-hybridized carbons (Fsp3) is 0.478. The van der Waals surface area contributed by atoms with Crippen molar-refractivity contribution in [2.45, 2.75) is 59.0 Å². The molecular formula is C23H33NO. The van der Waals surface area contributed by atoms with Gasteiger partial charge in [0.2, 0.25) is 0 Å². The van der Waals surface area contributed by atoms with E-state index >= 15 is 0 Å². The lowest BCUT2D eigenvalue weighted by Crippen LogP contribution is -2.38. The monoisotopic (exact) mass is 339 g/mol. The largest absolute Gasteiger partial charge is 0.496 e. The predicted molar refractivity (Wildman–Crippen MR) is 108 cm³/mol. The Morgan fingerprint density at radius 2 is 1.56 bits per heavy atom. The molecule has 25 heavy (non-hydrogen) atoms. The van der Waals surface area contributed by atoms with E-state index in [2.05, 4.69) is 88.0 Å². The SMILES string of the molecule is COc1ccc(C)cc1[C@H](CCN(C(C)C)C(C)C)c1ccccc1. The first kappa shape index (κ1) is 19.5. The third-order valence-corrected chi connectivity index (χ3v) is 4.97. The maximum atomic E-state index is 5.69. The molecule has 2 nitrogen and oxygen atoms in total. The van der Waals surface area contributed by atoms with Gasteiger partial charge in [0.25, 0.3) is 0 Å². The van der Waals surface area contributed by atoms with Gasteiger partial charge in [0.05, 0.1) is 7.11 Å². The van der Waals surface area contributed by atoms with Crippen LogP contribution in [0.5, 0.6) is 5.75 Å². The molecule has 0 aliphatic rings. The molecule has 0 aliphatic carbocycles. The number of methoxy groups -OCH3 is 1. The van der Waals surface area contributed by atoms with Gasteiger partial charge in [-0.2, -0.15) is 0 Å². The Kier molecular flexibility index (Phi) is 7.07. The summed E-state index contributed by atoms with van der Waals surface area (Å²) in [5.74, 6) is 1.33. The van der Waals surface area contributed by atoms with Crippen molar-refractivity contribution >= 4 is 0 Å². The van der Waals surface area contributed by atoms with E-state index in [0.29, 0.717) is 18.0 Å². The molecule has 0 saturated carbocycles. The predicted octanol–water partition coefficient (Wildman–Crippen LogP) is 5.64. The minimum atomic E-state index is 0.344. The molecule has 0 heterocycles. The Balaban J connectivity index is 2.37. The van der Waals surface area contributed by atoms with Gasteiger partial charge in [-0.3, -0.25) is 4.90 Å². The molecule has 0 amide bonds. The molecule has 0 aromatic heterocycles. The van der Waals surface area contributed by atoms with E-state index in [4.69, 9.17) is 4.74 Å². The van der Waals surface area contributed by atoms with Crippen LogP contribution in [0.1, 0.15) is 56.7 Å². The molecule has 0 bridgehead atoms. The minimum Gasteiger partial charge on any atom is -0.496 e. The second kappa shape index (κ2) is 9.05. The lowest BCUT2D eigenvalue weighted by Gasteiger charge is -2.32. The van der Waals surface area contributed by atoms with E-state index in [9.17, 15) is 0 Å². The van der Waals surface area contributed by atoms with Crippen LogP contribution in [0.15, 0.2) is 48.5 Å². The van der Waals surface area contributed by atoms with Crippen molar-refractivity contribution in [3.63, 3.8) is 0 Å². The van der Waals surface area contributed by atoms with E-state index in [0.717, 1.165) is 18.7 Å². The molecule has 2 heteroatoms. The van der Waals surface area contributed by atoms with E-state index in [1.807, 2.05) is 0 Å². The van der Waals surface area contributed by atoms with Gasteiger partial charge < -0.3 is 4.74 Å². The smallest absolute Gasteiger partial charge is 0.122 e. The molecule has 0 fully saturated rings. The van der Waals surface area contributed by atoms with Crippen LogP contribution in [0.4, 0.5) is 0 Å². The summed E-state index contributed by atoms with van der Waals surface area (Å²) < 4.78 is 5.69. The second-order valence-electron chi connectivity index (χ2n) is 7.42. The molecule has 0 spiro atoms. The zero-order valence-electron chi connectivity index (χ0n) is 16.6. The number of hydrogen-bond donors (Lipinski definition) is 0. The number of hydrogen-bond acceptors (Lipinski definition) is 2. The molecule has 2 aromatic carbocycles. The molecule has 2 rings (SSSR count). The van der Waals surface area contributed by atoms with Crippen molar-refractivity contribution < 1.29 is 4.74 Å². The summed E-state index contributed by atoms with van der Waals surface area (Å²) in [4.78, 5) is 2.57. The van der Waals surface area contributed by atoms with E-state index in [-0.39, 0.29) is 0 Å². The number of aryl methyl sites for hydroxylation is 1. The molecule has 0 unspecified atom stereocenters. The van der Waals surface area contributed by atoms with Gasteiger partial charge in [-0.25, -0.2) is 0 Å². The van der Waals surface area contributed by atoms with Crippen molar-refractivity contribution in [2.24, 2.45) is 0 Å². The Labute approximate surface area is 153 Å². The van der Waals surface area contributed by atoms with Crippen LogP contribution in [-0.4, -0.2) is 30.6 Å². The fourth-order valence-electron chi connectivity index (χ4n) is 3.70. The number of ether oxygens (including phenoxy) is 1. The van der Waals surface area contributed by atoms with Crippen molar-refractivity contribution in [2.75, 3.05) is 13.7 Å².